The number of nitrogens with zero attached hydrogens (tertiary/aromatic N) is 3. The Morgan fingerprint density at radius 3 is 2.27 bits per heavy atom. The maximum Gasteiger partial charge on any atom is 0.302 e. The van der Waals surface area contributed by atoms with Gasteiger partial charge in [0.15, 0.2) is 0 Å². The second-order valence-electron chi connectivity index (χ2n) is 7.93. The Hall–Kier alpha value is -1.43. The van der Waals surface area contributed by atoms with Crippen molar-refractivity contribution in [2.75, 3.05) is 52.4 Å². The third kappa shape index (κ3) is 5.29. The standard InChI is InChI=1S/C21H33N3O2/c1-19(25)26-17-16-22-12-14-24(15-13-22)21(2)8-10-23(11-9-21)18-20-6-4-3-5-7-20/h3-7H,8-18H2,1-2H3. The Morgan fingerprint density at radius 1 is 1.00 bits per heavy atom. The van der Waals surface area contributed by atoms with Gasteiger partial charge < -0.3 is 4.74 Å². The number of benzene rings is 1. The van der Waals surface area contributed by atoms with Crippen LogP contribution in [0.15, 0.2) is 30.3 Å². The molecule has 0 saturated carbocycles. The fourth-order valence-corrected chi connectivity index (χ4v) is 4.18. The highest BCUT2D eigenvalue weighted by atomic mass is 16.5. The fraction of sp³-hybridized carbons (Fsp3) is 0.667. The average Bonchev–Trinajstić information content (AvgIpc) is 2.65. The van der Waals surface area contributed by atoms with Gasteiger partial charge >= 0.3 is 5.97 Å². The normalized spacial score (nSPS) is 22.2. The van der Waals surface area contributed by atoms with Crippen molar-refractivity contribution in [1.82, 2.24) is 14.7 Å². The lowest BCUT2D eigenvalue weighted by molar-refractivity contribution is -0.141. The molecule has 0 spiro atoms. The minimum atomic E-state index is -0.182. The number of piperidine rings is 1. The predicted octanol–water partition coefficient (Wildman–Crippen LogP) is 2.22. The number of carbonyl (C=O) groups is 1. The average molecular weight is 360 g/mol. The first-order chi connectivity index (χ1) is 12.5. The molecule has 0 radical (unpaired) electrons. The molecule has 0 aromatic heterocycles. The number of rotatable bonds is 6. The first-order valence-corrected chi connectivity index (χ1v) is 9.92. The molecule has 2 aliphatic heterocycles. The minimum absolute atomic E-state index is 0.182. The Balaban J connectivity index is 1.41. The van der Waals surface area contributed by atoms with Crippen molar-refractivity contribution >= 4 is 5.97 Å². The van der Waals surface area contributed by atoms with Gasteiger partial charge in [0.2, 0.25) is 0 Å². The second kappa shape index (κ2) is 8.98. The van der Waals surface area contributed by atoms with E-state index in [2.05, 4.69) is 52.0 Å². The number of hydrogen-bond acceptors (Lipinski definition) is 5. The molecule has 0 N–H and O–H groups in total. The van der Waals surface area contributed by atoms with Gasteiger partial charge in [0.25, 0.3) is 0 Å². The summed E-state index contributed by atoms with van der Waals surface area (Å²) < 4.78 is 5.07. The van der Waals surface area contributed by atoms with Gasteiger partial charge in [-0.1, -0.05) is 30.3 Å². The fourth-order valence-electron chi connectivity index (χ4n) is 4.18. The first-order valence-electron chi connectivity index (χ1n) is 9.92. The van der Waals surface area contributed by atoms with E-state index in [1.807, 2.05) is 0 Å². The van der Waals surface area contributed by atoms with E-state index in [1.165, 1.54) is 38.4 Å². The molecule has 0 aliphatic carbocycles. The van der Waals surface area contributed by atoms with Crippen molar-refractivity contribution in [3.8, 4) is 0 Å². The number of likely N-dealkylation sites (tertiary alicyclic amines) is 1. The second-order valence-corrected chi connectivity index (χ2v) is 7.93. The number of hydrogen-bond donors (Lipinski definition) is 0. The summed E-state index contributed by atoms with van der Waals surface area (Å²) in [4.78, 5) is 18.6. The third-order valence-corrected chi connectivity index (χ3v) is 6.03. The van der Waals surface area contributed by atoms with Crippen LogP contribution in [-0.4, -0.2) is 78.6 Å². The number of piperazine rings is 1. The molecule has 2 aliphatic rings. The summed E-state index contributed by atoms with van der Waals surface area (Å²) in [5, 5.41) is 0. The zero-order valence-electron chi connectivity index (χ0n) is 16.3. The Morgan fingerprint density at radius 2 is 1.65 bits per heavy atom. The monoisotopic (exact) mass is 359 g/mol. The Labute approximate surface area is 157 Å². The molecule has 2 heterocycles. The van der Waals surface area contributed by atoms with Crippen molar-refractivity contribution in [3.05, 3.63) is 35.9 Å². The van der Waals surface area contributed by atoms with E-state index in [4.69, 9.17) is 4.74 Å². The van der Waals surface area contributed by atoms with E-state index < -0.39 is 0 Å². The molecule has 2 fully saturated rings. The molecule has 26 heavy (non-hydrogen) atoms. The van der Waals surface area contributed by atoms with Crippen molar-refractivity contribution < 1.29 is 9.53 Å². The zero-order chi connectivity index (χ0) is 18.4. The molecular formula is C21H33N3O2. The van der Waals surface area contributed by atoms with Crippen LogP contribution < -0.4 is 0 Å². The summed E-state index contributed by atoms with van der Waals surface area (Å²) in [5.41, 5.74) is 1.74. The molecule has 5 heteroatoms. The predicted molar refractivity (Wildman–Crippen MR) is 104 cm³/mol. The van der Waals surface area contributed by atoms with Gasteiger partial charge in [0.1, 0.15) is 6.61 Å². The molecule has 1 aromatic carbocycles. The van der Waals surface area contributed by atoms with Gasteiger partial charge in [-0.15, -0.1) is 0 Å². The summed E-state index contributed by atoms with van der Waals surface area (Å²) in [5.74, 6) is -0.182. The van der Waals surface area contributed by atoms with Crippen LogP contribution in [-0.2, 0) is 16.1 Å². The van der Waals surface area contributed by atoms with Crippen LogP contribution in [0, 0.1) is 0 Å². The van der Waals surface area contributed by atoms with Crippen LogP contribution in [0.25, 0.3) is 0 Å². The van der Waals surface area contributed by atoms with Crippen LogP contribution in [0.5, 0.6) is 0 Å². The number of esters is 1. The molecule has 0 atom stereocenters. The van der Waals surface area contributed by atoms with Crippen molar-refractivity contribution in [3.63, 3.8) is 0 Å². The van der Waals surface area contributed by atoms with E-state index >= 15 is 0 Å². The zero-order valence-corrected chi connectivity index (χ0v) is 16.3. The van der Waals surface area contributed by atoms with Crippen LogP contribution in [0.1, 0.15) is 32.3 Å². The van der Waals surface area contributed by atoms with Crippen LogP contribution in [0.4, 0.5) is 0 Å². The molecule has 5 nitrogen and oxygen atoms in total. The maximum atomic E-state index is 10.9. The topological polar surface area (TPSA) is 36.0 Å². The highest BCUT2D eigenvalue weighted by Crippen LogP contribution is 2.30. The smallest absolute Gasteiger partial charge is 0.302 e. The van der Waals surface area contributed by atoms with E-state index in [9.17, 15) is 4.79 Å². The van der Waals surface area contributed by atoms with Crippen molar-refractivity contribution in [1.29, 1.82) is 0 Å². The van der Waals surface area contributed by atoms with E-state index in [0.717, 1.165) is 39.3 Å². The van der Waals surface area contributed by atoms with Crippen LogP contribution in [0.2, 0.25) is 0 Å². The summed E-state index contributed by atoms with van der Waals surface area (Å²) >= 11 is 0. The maximum absolute atomic E-state index is 10.9. The first kappa shape index (κ1) is 19.3. The SMILES string of the molecule is CC(=O)OCCN1CCN(C2(C)CCN(Cc3ccccc3)CC2)CC1. The molecule has 2 saturated heterocycles. The third-order valence-electron chi connectivity index (χ3n) is 6.03. The van der Waals surface area contributed by atoms with Crippen LogP contribution in [0.3, 0.4) is 0 Å². The highest BCUT2D eigenvalue weighted by molar-refractivity contribution is 5.65. The highest BCUT2D eigenvalue weighted by Gasteiger charge is 2.36. The van der Waals surface area contributed by atoms with Crippen LogP contribution >= 0.6 is 0 Å². The van der Waals surface area contributed by atoms with Gasteiger partial charge in [-0.3, -0.25) is 19.5 Å². The van der Waals surface area contributed by atoms with Gasteiger partial charge in [0, 0.05) is 64.8 Å². The van der Waals surface area contributed by atoms with Gasteiger partial charge in [-0.25, -0.2) is 0 Å². The molecule has 0 unspecified atom stereocenters. The molecule has 144 valence electrons. The quantitative estimate of drug-likeness (QED) is 0.728. The Kier molecular flexibility index (Phi) is 6.68. The number of ether oxygens (including phenoxy) is 1. The van der Waals surface area contributed by atoms with Gasteiger partial charge in [0.05, 0.1) is 0 Å². The lowest BCUT2D eigenvalue weighted by Crippen LogP contribution is -2.59. The molecule has 0 amide bonds. The van der Waals surface area contributed by atoms with Gasteiger partial charge in [-0.2, -0.15) is 0 Å². The van der Waals surface area contributed by atoms with Gasteiger partial charge in [-0.05, 0) is 25.3 Å². The largest absolute Gasteiger partial charge is 0.465 e. The molecular weight excluding hydrogens is 326 g/mol. The van der Waals surface area contributed by atoms with Crippen molar-refractivity contribution in [2.45, 2.75) is 38.8 Å². The Bertz CT molecular complexity index is 562. The van der Waals surface area contributed by atoms with E-state index in [0.29, 0.717) is 12.1 Å². The van der Waals surface area contributed by atoms with E-state index in [1.54, 1.807) is 0 Å². The summed E-state index contributed by atoms with van der Waals surface area (Å²) in [7, 11) is 0. The lowest BCUT2D eigenvalue weighted by Gasteiger charge is -2.49. The molecule has 1 aromatic rings. The van der Waals surface area contributed by atoms with E-state index in [-0.39, 0.29) is 5.97 Å². The summed E-state index contributed by atoms with van der Waals surface area (Å²) in [6, 6.07) is 10.8. The number of carbonyl (C=O) groups excluding carboxylic acids is 1. The summed E-state index contributed by atoms with van der Waals surface area (Å²) in [6.07, 6.45) is 2.49. The minimum Gasteiger partial charge on any atom is -0.465 e. The summed E-state index contributed by atoms with van der Waals surface area (Å²) in [6.45, 7) is 13.1. The molecule has 0 bridgehead atoms. The lowest BCUT2D eigenvalue weighted by atomic mass is 9.87. The van der Waals surface area contributed by atoms with Crippen molar-refractivity contribution in [2.24, 2.45) is 0 Å². The molecule has 3 rings (SSSR count).